The van der Waals surface area contributed by atoms with Crippen molar-refractivity contribution in [2.45, 2.75) is 13.5 Å². The number of anilines is 1. The highest BCUT2D eigenvalue weighted by Crippen LogP contribution is 2.16. The summed E-state index contributed by atoms with van der Waals surface area (Å²) < 4.78 is 1.63. The van der Waals surface area contributed by atoms with E-state index >= 15 is 0 Å². The third kappa shape index (κ3) is 3.44. The molecule has 112 valence electrons. The Morgan fingerprint density at radius 2 is 2.18 bits per heavy atom. The van der Waals surface area contributed by atoms with Crippen molar-refractivity contribution in [1.82, 2.24) is 30.3 Å². The summed E-state index contributed by atoms with van der Waals surface area (Å²) in [6, 6.07) is 3.32. The minimum Gasteiger partial charge on any atom is -0.332 e. The van der Waals surface area contributed by atoms with E-state index in [9.17, 15) is 4.79 Å². The first-order valence-corrected chi connectivity index (χ1v) is 7.31. The largest absolute Gasteiger partial charge is 0.332 e. The number of carbonyl (C=O) groups is 1. The van der Waals surface area contributed by atoms with Crippen LogP contribution in [0.2, 0.25) is 0 Å². The predicted molar refractivity (Wildman–Crippen MR) is 81.9 cm³/mol. The molecule has 0 radical (unpaired) electrons. The number of nitrogens with zero attached hydrogens (tertiary/aromatic N) is 5. The lowest BCUT2D eigenvalue weighted by Crippen LogP contribution is -2.28. The van der Waals surface area contributed by atoms with Crippen LogP contribution in [0.15, 0.2) is 36.9 Å². The van der Waals surface area contributed by atoms with Gasteiger partial charge in [0, 0.05) is 23.5 Å². The van der Waals surface area contributed by atoms with E-state index in [-0.39, 0.29) is 12.6 Å². The Kier molecular flexibility index (Phi) is 4.05. The van der Waals surface area contributed by atoms with Gasteiger partial charge in [-0.2, -0.15) is 0 Å². The molecular weight excluding hydrogens is 302 g/mol. The molecule has 3 aromatic rings. The van der Waals surface area contributed by atoms with Gasteiger partial charge in [-0.15, -0.1) is 16.4 Å². The monoisotopic (exact) mass is 315 g/mol. The standard InChI is InChI=1S/C13H13N7OS/c1-9-6-16-13(22-9)17-12(21)15-7-10-8-20(19-18-10)11-2-4-14-5-3-11/h2-6,8H,7H2,1H3,(H2,15,16,17,21). The molecule has 0 unspecified atom stereocenters. The molecule has 2 amide bonds. The molecule has 0 aliphatic carbocycles. The zero-order valence-electron chi connectivity index (χ0n) is 11.7. The third-order valence-electron chi connectivity index (χ3n) is 2.74. The summed E-state index contributed by atoms with van der Waals surface area (Å²) in [7, 11) is 0. The van der Waals surface area contributed by atoms with E-state index < -0.39 is 0 Å². The average molecular weight is 315 g/mol. The second kappa shape index (κ2) is 6.31. The molecule has 0 bridgehead atoms. The number of aryl methyl sites for hydroxylation is 1. The Hall–Kier alpha value is -2.81. The van der Waals surface area contributed by atoms with E-state index in [1.165, 1.54) is 11.3 Å². The number of nitrogens with one attached hydrogen (secondary N) is 2. The summed E-state index contributed by atoms with van der Waals surface area (Å²) >= 11 is 1.42. The van der Waals surface area contributed by atoms with Crippen molar-refractivity contribution in [3.8, 4) is 5.69 Å². The lowest BCUT2D eigenvalue weighted by Gasteiger charge is -2.02. The Balaban J connectivity index is 1.56. The maximum absolute atomic E-state index is 11.8. The fourth-order valence-corrected chi connectivity index (χ4v) is 2.39. The SMILES string of the molecule is Cc1cnc(NC(=O)NCc2cn(-c3ccncc3)nn2)s1. The van der Waals surface area contributed by atoms with Gasteiger partial charge >= 0.3 is 6.03 Å². The second-order valence-corrected chi connectivity index (χ2v) is 5.68. The first-order chi connectivity index (χ1) is 10.7. The number of rotatable bonds is 4. The Morgan fingerprint density at radius 3 is 2.91 bits per heavy atom. The van der Waals surface area contributed by atoms with Gasteiger partial charge in [0.25, 0.3) is 0 Å². The predicted octanol–water partition coefficient (Wildman–Crippen LogP) is 1.75. The van der Waals surface area contributed by atoms with Crippen LogP contribution in [-0.2, 0) is 6.54 Å². The Morgan fingerprint density at radius 1 is 1.36 bits per heavy atom. The van der Waals surface area contributed by atoms with Crippen LogP contribution in [0.3, 0.4) is 0 Å². The lowest BCUT2D eigenvalue weighted by atomic mass is 10.4. The van der Waals surface area contributed by atoms with E-state index in [4.69, 9.17) is 0 Å². The molecule has 3 aromatic heterocycles. The number of hydrogen-bond donors (Lipinski definition) is 2. The molecule has 8 nitrogen and oxygen atoms in total. The van der Waals surface area contributed by atoms with Crippen molar-refractivity contribution in [3.05, 3.63) is 47.5 Å². The van der Waals surface area contributed by atoms with Crippen molar-refractivity contribution in [1.29, 1.82) is 0 Å². The molecule has 0 atom stereocenters. The van der Waals surface area contributed by atoms with Gasteiger partial charge in [0.1, 0.15) is 5.69 Å². The highest BCUT2D eigenvalue weighted by molar-refractivity contribution is 7.15. The van der Waals surface area contributed by atoms with Crippen LogP contribution in [0, 0.1) is 6.92 Å². The molecule has 22 heavy (non-hydrogen) atoms. The van der Waals surface area contributed by atoms with E-state index in [0.717, 1.165) is 10.6 Å². The molecule has 2 N–H and O–H groups in total. The smallest absolute Gasteiger partial charge is 0.321 e. The number of thiazole rings is 1. The molecule has 0 aromatic carbocycles. The first-order valence-electron chi connectivity index (χ1n) is 6.49. The number of aromatic nitrogens is 5. The molecule has 0 saturated heterocycles. The van der Waals surface area contributed by atoms with Gasteiger partial charge in [-0.3, -0.25) is 10.3 Å². The van der Waals surface area contributed by atoms with Crippen molar-refractivity contribution in [3.63, 3.8) is 0 Å². The number of amides is 2. The van der Waals surface area contributed by atoms with Crippen LogP contribution in [0.4, 0.5) is 9.93 Å². The summed E-state index contributed by atoms with van der Waals surface area (Å²) in [5.41, 5.74) is 1.51. The molecule has 0 saturated carbocycles. The highest BCUT2D eigenvalue weighted by atomic mass is 32.1. The van der Waals surface area contributed by atoms with Crippen LogP contribution >= 0.6 is 11.3 Å². The molecule has 0 fully saturated rings. The van der Waals surface area contributed by atoms with E-state index in [1.54, 1.807) is 29.5 Å². The fourth-order valence-electron chi connectivity index (χ4n) is 1.73. The summed E-state index contributed by atoms with van der Waals surface area (Å²) in [4.78, 5) is 20.8. The van der Waals surface area contributed by atoms with Crippen LogP contribution in [0.1, 0.15) is 10.6 Å². The van der Waals surface area contributed by atoms with Crippen LogP contribution in [0.25, 0.3) is 5.69 Å². The van der Waals surface area contributed by atoms with Crippen molar-refractivity contribution >= 4 is 22.5 Å². The maximum atomic E-state index is 11.8. The van der Waals surface area contributed by atoms with Gasteiger partial charge in [0.15, 0.2) is 5.13 Å². The topological polar surface area (TPSA) is 97.6 Å². The zero-order chi connectivity index (χ0) is 15.4. The van der Waals surface area contributed by atoms with Crippen molar-refractivity contribution in [2.75, 3.05) is 5.32 Å². The summed E-state index contributed by atoms with van der Waals surface area (Å²) in [6.45, 7) is 2.21. The molecular formula is C13H13N7OS. The summed E-state index contributed by atoms with van der Waals surface area (Å²) in [5, 5.41) is 14.0. The van der Waals surface area contributed by atoms with E-state index in [0.29, 0.717) is 10.8 Å². The minimum atomic E-state index is -0.326. The van der Waals surface area contributed by atoms with Gasteiger partial charge in [0.05, 0.1) is 18.4 Å². The van der Waals surface area contributed by atoms with Gasteiger partial charge in [-0.05, 0) is 19.1 Å². The maximum Gasteiger partial charge on any atom is 0.321 e. The van der Waals surface area contributed by atoms with Crippen LogP contribution in [0.5, 0.6) is 0 Å². The molecule has 0 aliphatic rings. The van der Waals surface area contributed by atoms with Gasteiger partial charge < -0.3 is 5.32 Å². The van der Waals surface area contributed by atoms with E-state index in [2.05, 4.69) is 30.9 Å². The van der Waals surface area contributed by atoms with Crippen molar-refractivity contribution < 1.29 is 4.79 Å². The Labute approximate surface area is 130 Å². The number of urea groups is 1. The van der Waals surface area contributed by atoms with Gasteiger partial charge in [0.2, 0.25) is 0 Å². The number of hydrogen-bond acceptors (Lipinski definition) is 6. The zero-order valence-corrected chi connectivity index (χ0v) is 12.5. The summed E-state index contributed by atoms with van der Waals surface area (Å²) in [5.74, 6) is 0. The highest BCUT2D eigenvalue weighted by Gasteiger charge is 2.07. The molecule has 3 heterocycles. The minimum absolute atomic E-state index is 0.279. The molecule has 0 aliphatic heterocycles. The van der Waals surface area contributed by atoms with Gasteiger partial charge in [-0.25, -0.2) is 14.5 Å². The van der Waals surface area contributed by atoms with Gasteiger partial charge in [-0.1, -0.05) is 5.21 Å². The third-order valence-corrected chi connectivity index (χ3v) is 3.57. The van der Waals surface area contributed by atoms with Crippen LogP contribution in [-0.4, -0.2) is 31.0 Å². The molecule has 9 heteroatoms. The van der Waals surface area contributed by atoms with E-state index in [1.807, 2.05) is 19.1 Å². The quantitative estimate of drug-likeness (QED) is 0.764. The fraction of sp³-hybridized carbons (Fsp3) is 0.154. The average Bonchev–Trinajstić information content (AvgIpc) is 3.15. The number of pyridine rings is 1. The van der Waals surface area contributed by atoms with Crippen molar-refractivity contribution in [2.24, 2.45) is 0 Å². The normalized spacial score (nSPS) is 10.4. The molecule has 0 spiro atoms. The lowest BCUT2D eigenvalue weighted by molar-refractivity contribution is 0.251. The number of carbonyl (C=O) groups excluding carboxylic acids is 1. The first kappa shape index (κ1) is 14.1. The summed E-state index contributed by atoms with van der Waals surface area (Å²) in [6.07, 6.45) is 6.82. The Bertz CT molecular complexity index is 768. The molecule has 3 rings (SSSR count). The van der Waals surface area contributed by atoms with Crippen LogP contribution < -0.4 is 10.6 Å². The second-order valence-electron chi connectivity index (χ2n) is 4.44.